The first-order chi connectivity index (χ1) is 17.1. The van der Waals surface area contributed by atoms with Gasteiger partial charge in [0, 0.05) is 48.6 Å². The van der Waals surface area contributed by atoms with Crippen LogP contribution in [0.3, 0.4) is 0 Å². The van der Waals surface area contributed by atoms with E-state index in [-0.39, 0.29) is 30.4 Å². The summed E-state index contributed by atoms with van der Waals surface area (Å²) < 4.78 is 37.6. The van der Waals surface area contributed by atoms with Gasteiger partial charge in [-0.25, -0.2) is 13.2 Å². The average molecular weight is 501 g/mol. The predicted molar refractivity (Wildman–Crippen MR) is 139 cm³/mol. The minimum absolute atomic E-state index is 0.0913. The maximum absolute atomic E-state index is 12.7. The summed E-state index contributed by atoms with van der Waals surface area (Å²) in [5, 5.41) is 18.4. The van der Waals surface area contributed by atoms with Crippen LogP contribution in [0.1, 0.15) is 43.0 Å². The number of hydrogen-bond acceptors (Lipinski definition) is 6. The van der Waals surface area contributed by atoms with Gasteiger partial charge in [-0.05, 0) is 24.5 Å². The van der Waals surface area contributed by atoms with Crippen LogP contribution in [0.25, 0.3) is 0 Å². The third-order valence-corrected chi connectivity index (χ3v) is 5.77. The first kappa shape index (κ1) is 28.8. The monoisotopic (exact) mass is 500 g/mol. The first-order valence-electron chi connectivity index (χ1n) is 11.7. The number of halogens is 3. The lowest BCUT2D eigenvalue weighted by atomic mass is 10.1. The molecule has 9 heteroatoms. The van der Waals surface area contributed by atoms with Crippen LogP contribution in [0.4, 0.5) is 13.2 Å². The third kappa shape index (κ3) is 8.98. The molecule has 0 aliphatic carbocycles. The fourth-order valence-electron chi connectivity index (χ4n) is 3.90. The lowest BCUT2D eigenvalue weighted by molar-refractivity contribution is 0.223. The van der Waals surface area contributed by atoms with E-state index in [0.29, 0.717) is 12.1 Å². The molecule has 1 saturated heterocycles. The van der Waals surface area contributed by atoms with Crippen LogP contribution in [-0.4, -0.2) is 35.3 Å². The van der Waals surface area contributed by atoms with Crippen LogP contribution in [0.5, 0.6) is 0 Å². The van der Waals surface area contributed by atoms with E-state index >= 15 is 0 Å². The molecule has 0 bridgehead atoms. The first-order valence-corrected chi connectivity index (χ1v) is 11.7. The molecule has 3 rings (SSSR count). The van der Waals surface area contributed by atoms with E-state index in [0.717, 1.165) is 30.8 Å². The van der Waals surface area contributed by atoms with Crippen LogP contribution in [-0.2, 0) is 6.54 Å². The number of hydrogen-bond donors (Lipinski definition) is 5. The molecule has 0 radical (unpaired) electrons. The Labute approximate surface area is 210 Å². The summed E-state index contributed by atoms with van der Waals surface area (Å²) in [7, 11) is 0. The molecule has 1 fully saturated rings. The lowest BCUT2D eigenvalue weighted by Gasteiger charge is -2.30. The van der Waals surface area contributed by atoms with E-state index in [1.54, 1.807) is 18.2 Å². The highest BCUT2D eigenvalue weighted by Gasteiger charge is 2.28. The maximum atomic E-state index is 12.7. The summed E-state index contributed by atoms with van der Waals surface area (Å²) in [6.07, 6.45) is -1.68. The molecule has 194 valence electrons. The molecule has 6 nitrogen and oxygen atoms in total. The van der Waals surface area contributed by atoms with Gasteiger partial charge in [-0.3, -0.25) is 0 Å². The Morgan fingerprint density at radius 3 is 2.25 bits per heavy atom. The Balaban J connectivity index is 0.000000380. The number of nitrogens with one attached hydrogen (secondary N) is 3. The lowest BCUT2D eigenvalue weighted by Crippen LogP contribution is -2.35. The Morgan fingerprint density at radius 1 is 1.03 bits per heavy atom. The van der Waals surface area contributed by atoms with Crippen molar-refractivity contribution in [2.75, 3.05) is 6.54 Å². The highest BCUT2D eigenvalue weighted by Crippen LogP contribution is 2.27. The van der Waals surface area contributed by atoms with E-state index in [4.69, 9.17) is 22.3 Å². The molecule has 0 amide bonds. The number of rotatable bonds is 11. The van der Waals surface area contributed by atoms with E-state index in [2.05, 4.69) is 23.4 Å². The minimum Gasteiger partial charge on any atom is -0.383 e. The van der Waals surface area contributed by atoms with Crippen LogP contribution in [0.2, 0.25) is 0 Å². The fraction of sp³-hybridized carbons (Fsp3) is 0.333. The number of benzene rings is 2. The molecule has 1 unspecified atom stereocenters. The zero-order chi connectivity index (χ0) is 26.7. The topological polar surface area (TPSA) is 115 Å². The van der Waals surface area contributed by atoms with E-state index < -0.39 is 18.3 Å². The molecule has 7 N–H and O–H groups in total. The highest BCUT2D eigenvalue weighted by atomic mass is 19.3. The van der Waals surface area contributed by atoms with Gasteiger partial charge < -0.3 is 32.5 Å². The molecular weight excluding hydrogens is 465 g/mol. The van der Waals surface area contributed by atoms with Gasteiger partial charge in [-0.1, -0.05) is 61.7 Å². The van der Waals surface area contributed by atoms with Gasteiger partial charge in [0.2, 0.25) is 0 Å². The summed E-state index contributed by atoms with van der Waals surface area (Å²) in [5.41, 5.74) is 13.0. The minimum atomic E-state index is -2.80. The van der Waals surface area contributed by atoms with Crippen LogP contribution in [0.15, 0.2) is 79.1 Å². The molecule has 2 aromatic rings. The molecule has 1 aliphatic rings. The molecule has 0 aromatic heterocycles. The SMILES string of the molecule is C=C(NCc1ccccc1)C1CCCN1C(=C)CC(=N)CC(=N)C(F)F.NC(N)c1ccccc1F. The molecule has 0 spiro atoms. The molecule has 36 heavy (non-hydrogen) atoms. The quantitative estimate of drug-likeness (QED) is 0.218. The highest BCUT2D eigenvalue weighted by molar-refractivity contribution is 6.03. The molecular formula is C27H35F3N6. The Kier molecular flexibility index (Phi) is 11.4. The van der Waals surface area contributed by atoms with Gasteiger partial charge in [0.25, 0.3) is 6.43 Å². The Hall–Kier alpha value is -3.43. The number of nitrogens with two attached hydrogens (primary N) is 2. The second kappa shape index (κ2) is 14.2. The average Bonchev–Trinajstić information content (AvgIpc) is 3.34. The smallest absolute Gasteiger partial charge is 0.276 e. The summed E-state index contributed by atoms with van der Waals surface area (Å²) in [6, 6.07) is 16.3. The molecule has 1 aliphatic heterocycles. The van der Waals surface area contributed by atoms with Gasteiger partial charge in [0.1, 0.15) is 5.82 Å². The van der Waals surface area contributed by atoms with Gasteiger partial charge in [-0.2, -0.15) is 0 Å². The number of alkyl halides is 2. The molecule has 1 heterocycles. The van der Waals surface area contributed by atoms with Crippen LogP contribution in [0, 0.1) is 16.6 Å². The van der Waals surface area contributed by atoms with E-state index in [9.17, 15) is 13.2 Å². The largest absolute Gasteiger partial charge is 0.383 e. The van der Waals surface area contributed by atoms with Gasteiger partial charge in [0.15, 0.2) is 0 Å². The summed E-state index contributed by atoms with van der Waals surface area (Å²) in [5.74, 6) is -0.350. The van der Waals surface area contributed by atoms with Crippen molar-refractivity contribution in [1.82, 2.24) is 10.2 Å². The van der Waals surface area contributed by atoms with E-state index in [1.807, 2.05) is 30.3 Å². The summed E-state index contributed by atoms with van der Waals surface area (Å²) in [4.78, 5) is 2.10. The predicted octanol–water partition coefficient (Wildman–Crippen LogP) is 5.09. The van der Waals surface area contributed by atoms with Crippen LogP contribution >= 0.6 is 0 Å². The number of nitrogens with zero attached hydrogens (tertiary/aromatic N) is 1. The number of allylic oxidation sites excluding steroid dienone is 1. The third-order valence-electron chi connectivity index (χ3n) is 5.77. The van der Waals surface area contributed by atoms with Crippen molar-refractivity contribution in [2.45, 2.75) is 50.9 Å². The fourth-order valence-corrected chi connectivity index (χ4v) is 3.90. The zero-order valence-corrected chi connectivity index (χ0v) is 20.3. The van der Waals surface area contributed by atoms with Crippen molar-refractivity contribution in [3.8, 4) is 0 Å². The standard InChI is InChI=1S/C20H26F2N4.C7H9FN2/c1-14(11-17(23)12-18(24)20(21)22)26-10-6-9-19(26)15(2)25-13-16-7-4-3-5-8-16;8-6-4-2-1-3-5(6)7(9)10/h3-5,7-8,19-20,23-25H,1-2,6,9-13H2;1-4,7H,9-10H2. The summed E-state index contributed by atoms with van der Waals surface area (Å²) in [6.45, 7) is 9.70. The zero-order valence-electron chi connectivity index (χ0n) is 20.3. The number of likely N-dealkylation sites (tertiary alicyclic amines) is 1. The Bertz CT molecular complexity index is 1040. The van der Waals surface area contributed by atoms with Crippen molar-refractivity contribution in [2.24, 2.45) is 11.5 Å². The van der Waals surface area contributed by atoms with Gasteiger partial charge in [-0.15, -0.1) is 0 Å². The van der Waals surface area contributed by atoms with E-state index in [1.165, 1.54) is 11.6 Å². The summed E-state index contributed by atoms with van der Waals surface area (Å²) >= 11 is 0. The van der Waals surface area contributed by atoms with Gasteiger partial charge in [0.05, 0.1) is 17.9 Å². The normalized spacial score (nSPS) is 14.9. The van der Waals surface area contributed by atoms with Crippen molar-refractivity contribution < 1.29 is 13.2 Å². The van der Waals surface area contributed by atoms with Gasteiger partial charge >= 0.3 is 0 Å². The second-order valence-corrected chi connectivity index (χ2v) is 8.61. The Morgan fingerprint density at radius 2 is 1.67 bits per heavy atom. The van der Waals surface area contributed by atoms with Crippen LogP contribution < -0.4 is 16.8 Å². The second-order valence-electron chi connectivity index (χ2n) is 8.61. The van der Waals surface area contributed by atoms with Crippen molar-refractivity contribution >= 4 is 11.4 Å². The molecule has 0 saturated carbocycles. The molecule has 1 atom stereocenters. The van der Waals surface area contributed by atoms with Crippen molar-refractivity contribution in [3.63, 3.8) is 0 Å². The maximum Gasteiger partial charge on any atom is 0.276 e. The molecule has 2 aromatic carbocycles. The van der Waals surface area contributed by atoms with Crippen molar-refractivity contribution in [3.05, 3.63) is 96.1 Å². The van der Waals surface area contributed by atoms with Crippen molar-refractivity contribution in [1.29, 1.82) is 10.8 Å².